The van der Waals surface area contributed by atoms with Crippen molar-refractivity contribution < 1.29 is 4.74 Å². The largest absolute Gasteiger partial charge is 0.489 e. The molecule has 94 valence electrons. The molecular formula is C13H10Cl3NO. The van der Waals surface area contributed by atoms with Gasteiger partial charge in [-0.1, -0.05) is 40.9 Å². The molecule has 0 aromatic heterocycles. The van der Waals surface area contributed by atoms with Gasteiger partial charge in [-0.3, -0.25) is 0 Å². The molecule has 0 aliphatic heterocycles. The van der Waals surface area contributed by atoms with Gasteiger partial charge in [0.2, 0.25) is 0 Å². The number of halogens is 3. The zero-order valence-corrected chi connectivity index (χ0v) is 11.6. The minimum absolute atomic E-state index is 0.387. The van der Waals surface area contributed by atoms with E-state index in [-0.39, 0.29) is 0 Å². The summed E-state index contributed by atoms with van der Waals surface area (Å²) >= 11 is 17.6. The molecule has 18 heavy (non-hydrogen) atoms. The van der Waals surface area contributed by atoms with Gasteiger partial charge < -0.3 is 10.5 Å². The van der Waals surface area contributed by atoms with Gasteiger partial charge in [0.25, 0.3) is 0 Å². The van der Waals surface area contributed by atoms with Crippen LogP contribution in [0, 0.1) is 0 Å². The van der Waals surface area contributed by atoms with Gasteiger partial charge in [-0.25, -0.2) is 0 Å². The molecule has 2 nitrogen and oxygen atoms in total. The third-order valence-corrected chi connectivity index (χ3v) is 3.44. The molecule has 0 unspecified atom stereocenters. The minimum atomic E-state index is 0.387. The number of rotatable bonds is 3. The van der Waals surface area contributed by atoms with E-state index in [9.17, 15) is 0 Å². The van der Waals surface area contributed by atoms with Crippen LogP contribution in [0.3, 0.4) is 0 Å². The van der Waals surface area contributed by atoms with Crippen LogP contribution in [0.25, 0.3) is 0 Å². The van der Waals surface area contributed by atoms with Crippen molar-refractivity contribution in [3.05, 3.63) is 57.0 Å². The summed E-state index contributed by atoms with van der Waals surface area (Å²) in [6.45, 7) is 0.387. The summed E-state index contributed by atoms with van der Waals surface area (Å²) < 4.78 is 5.58. The van der Waals surface area contributed by atoms with E-state index in [2.05, 4.69) is 0 Å². The molecule has 0 radical (unpaired) electrons. The fourth-order valence-corrected chi connectivity index (χ4v) is 1.85. The summed E-state index contributed by atoms with van der Waals surface area (Å²) in [5.74, 6) is 0.656. The first-order chi connectivity index (χ1) is 8.56. The van der Waals surface area contributed by atoms with Crippen LogP contribution in [0.4, 0.5) is 5.69 Å². The highest BCUT2D eigenvalue weighted by Gasteiger charge is 2.02. The van der Waals surface area contributed by atoms with Crippen LogP contribution < -0.4 is 10.5 Å². The molecule has 0 spiro atoms. The second-order valence-corrected chi connectivity index (χ2v) is 4.94. The van der Waals surface area contributed by atoms with Gasteiger partial charge in [0, 0.05) is 6.07 Å². The highest BCUT2D eigenvalue weighted by Crippen LogP contribution is 2.26. The van der Waals surface area contributed by atoms with Crippen LogP contribution >= 0.6 is 34.8 Å². The van der Waals surface area contributed by atoms with E-state index in [1.165, 1.54) is 0 Å². The van der Waals surface area contributed by atoms with Gasteiger partial charge >= 0.3 is 0 Å². The number of nitrogens with two attached hydrogens (primary N) is 1. The Kier molecular flexibility index (Phi) is 4.23. The average Bonchev–Trinajstić information content (AvgIpc) is 2.35. The molecule has 0 amide bonds. The average molecular weight is 303 g/mol. The van der Waals surface area contributed by atoms with Crippen LogP contribution in [-0.2, 0) is 6.61 Å². The smallest absolute Gasteiger partial charge is 0.121 e. The normalized spacial score (nSPS) is 10.4. The van der Waals surface area contributed by atoms with Crippen molar-refractivity contribution in [1.82, 2.24) is 0 Å². The molecule has 0 saturated heterocycles. The Hall–Kier alpha value is -1.09. The first-order valence-corrected chi connectivity index (χ1v) is 6.31. The van der Waals surface area contributed by atoms with Crippen molar-refractivity contribution in [3.63, 3.8) is 0 Å². The summed E-state index contributed by atoms with van der Waals surface area (Å²) in [5.41, 5.74) is 7.10. The van der Waals surface area contributed by atoms with E-state index in [0.29, 0.717) is 33.1 Å². The summed E-state index contributed by atoms with van der Waals surface area (Å²) in [7, 11) is 0. The number of benzene rings is 2. The Labute approximate surface area is 120 Å². The van der Waals surface area contributed by atoms with Gasteiger partial charge in [0.1, 0.15) is 12.4 Å². The second kappa shape index (κ2) is 5.70. The molecule has 2 rings (SSSR count). The van der Waals surface area contributed by atoms with Crippen LogP contribution in [0.15, 0.2) is 36.4 Å². The summed E-state index contributed by atoms with van der Waals surface area (Å²) in [6, 6.07) is 10.5. The fourth-order valence-electron chi connectivity index (χ4n) is 1.41. The van der Waals surface area contributed by atoms with E-state index < -0.39 is 0 Å². The lowest BCUT2D eigenvalue weighted by molar-refractivity contribution is 0.306. The molecule has 5 heteroatoms. The second-order valence-electron chi connectivity index (χ2n) is 3.72. The maximum atomic E-state index is 5.92. The SMILES string of the molecule is Nc1cc(OCc2ccc(Cl)c(Cl)c2)ccc1Cl. The van der Waals surface area contributed by atoms with Crippen LogP contribution in [0.2, 0.25) is 15.1 Å². The quantitative estimate of drug-likeness (QED) is 0.826. The molecule has 0 saturated carbocycles. The molecular weight excluding hydrogens is 293 g/mol. The van der Waals surface area contributed by atoms with Crippen LogP contribution in [0.5, 0.6) is 5.75 Å². The van der Waals surface area contributed by atoms with Gasteiger partial charge in [-0.05, 0) is 29.8 Å². The molecule has 0 heterocycles. The van der Waals surface area contributed by atoms with Gasteiger partial charge in [-0.15, -0.1) is 0 Å². The Balaban J connectivity index is 2.06. The van der Waals surface area contributed by atoms with E-state index in [4.69, 9.17) is 45.3 Å². The van der Waals surface area contributed by atoms with Crippen molar-refractivity contribution in [2.24, 2.45) is 0 Å². The van der Waals surface area contributed by atoms with E-state index in [0.717, 1.165) is 5.56 Å². The fraction of sp³-hybridized carbons (Fsp3) is 0.0769. The van der Waals surface area contributed by atoms with E-state index in [1.807, 2.05) is 6.07 Å². The van der Waals surface area contributed by atoms with Gasteiger partial charge in [0.05, 0.1) is 20.8 Å². The molecule has 2 N–H and O–H groups in total. The van der Waals surface area contributed by atoms with Crippen molar-refractivity contribution >= 4 is 40.5 Å². The lowest BCUT2D eigenvalue weighted by Gasteiger charge is -2.08. The van der Waals surface area contributed by atoms with Crippen molar-refractivity contribution in [2.45, 2.75) is 6.61 Å². The molecule has 0 aliphatic rings. The third-order valence-electron chi connectivity index (χ3n) is 2.36. The molecule has 0 bridgehead atoms. The molecule has 0 fully saturated rings. The van der Waals surface area contributed by atoms with Crippen LogP contribution in [-0.4, -0.2) is 0 Å². The Morgan fingerprint density at radius 3 is 2.28 bits per heavy atom. The lowest BCUT2D eigenvalue weighted by Crippen LogP contribution is -1.96. The molecule has 2 aromatic carbocycles. The predicted octanol–water partition coefficient (Wildman–Crippen LogP) is 4.81. The Morgan fingerprint density at radius 1 is 0.889 bits per heavy atom. The lowest BCUT2D eigenvalue weighted by atomic mass is 10.2. The number of anilines is 1. The van der Waals surface area contributed by atoms with Gasteiger partial charge in [-0.2, -0.15) is 0 Å². The highest BCUT2D eigenvalue weighted by molar-refractivity contribution is 6.42. The number of hydrogen-bond donors (Lipinski definition) is 1. The van der Waals surface area contributed by atoms with Crippen LogP contribution in [0.1, 0.15) is 5.56 Å². The molecule has 2 aromatic rings. The Bertz CT molecular complexity index is 521. The first-order valence-electron chi connectivity index (χ1n) is 5.18. The Morgan fingerprint density at radius 2 is 1.61 bits per heavy atom. The van der Waals surface area contributed by atoms with E-state index in [1.54, 1.807) is 30.3 Å². The van der Waals surface area contributed by atoms with E-state index >= 15 is 0 Å². The standard InChI is InChI=1S/C13H10Cl3NO/c14-10-3-1-8(5-12(10)16)7-18-9-2-4-11(15)13(17)6-9/h1-6H,7,17H2. The topological polar surface area (TPSA) is 35.2 Å². The van der Waals surface area contributed by atoms with Crippen molar-refractivity contribution in [2.75, 3.05) is 5.73 Å². The monoisotopic (exact) mass is 301 g/mol. The first kappa shape index (κ1) is 13.3. The summed E-state index contributed by atoms with van der Waals surface area (Å²) in [6.07, 6.45) is 0. The number of hydrogen-bond acceptors (Lipinski definition) is 2. The van der Waals surface area contributed by atoms with Crippen molar-refractivity contribution in [3.8, 4) is 5.75 Å². The molecule has 0 aliphatic carbocycles. The molecule has 0 atom stereocenters. The van der Waals surface area contributed by atoms with Gasteiger partial charge in [0.15, 0.2) is 0 Å². The number of nitrogen functional groups attached to an aromatic ring is 1. The third kappa shape index (κ3) is 3.22. The highest BCUT2D eigenvalue weighted by atomic mass is 35.5. The minimum Gasteiger partial charge on any atom is -0.489 e. The van der Waals surface area contributed by atoms with Crippen molar-refractivity contribution in [1.29, 1.82) is 0 Å². The zero-order valence-electron chi connectivity index (χ0n) is 9.29. The summed E-state index contributed by atoms with van der Waals surface area (Å²) in [4.78, 5) is 0. The maximum Gasteiger partial charge on any atom is 0.121 e. The zero-order chi connectivity index (χ0) is 13.1. The summed E-state index contributed by atoms with van der Waals surface area (Å²) in [5, 5.41) is 1.54. The predicted molar refractivity (Wildman–Crippen MR) is 76.7 cm³/mol. The maximum absolute atomic E-state index is 5.92. The number of ether oxygens (including phenoxy) is 1.